The minimum atomic E-state index is -4.43. The van der Waals surface area contributed by atoms with E-state index < -0.39 is 38.6 Å². The number of likely N-dealkylation sites (N-methyl/N-ethyl adjacent to an activating group) is 1. The smallest absolute Gasteiger partial charge is 0.462 e. The molecule has 0 heterocycles. The Hall–Kier alpha value is -2.14. The fraction of sp³-hybridized carbons (Fsp3) is 0.800. The maximum absolute atomic E-state index is 12.8. The first-order chi connectivity index (χ1) is 27.3. The van der Waals surface area contributed by atoms with Gasteiger partial charge in [-0.1, -0.05) is 147 Å². The number of carbonyl (C=O) groups is 3. The summed E-state index contributed by atoms with van der Waals surface area (Å²) < 4.78 is 34.3. The average molecular weight is 827 g/mol. The summed E-state index contributed by atoms with van der Waals surface area (Å²) in [6, 6.07) is 0. The molecule has 5 atom stereocenters. The minimum absolute atomic E-state index is 0.00359. The number of ether oxygens (including phenoxy) is 2. The van der Waals surface area contributed by atoms with Crippen molar-refractivity contribution < 1.29 is 52.0 Å². The van der Waals surface area contributed by atoms with Gasteiger partial charge < -0.3 is 24.0 Å². The van der Waals surface area contributed by atoms with Gasteiger partial charge in [-0.15, -0.1) is 0 Å². The highest BCUT2D eigenvalue weighted by Gasteiger charge is 2.28. The Morgan fingerprint density at radius 3 is 1.98 bits per heavy atom. The molecule has 330 valence electrons. The van der Waals surface area contributed by atoms with E-state index in [0.717, 1.165) is 38.5 Å². The van der Waals surface area contributed by atoms with Crippen molar-refractivity contribution in [3.63, 3.8) is 0 Å². The second-order valence-corrected chi connectivity index (χ2v) is 18.2. The maximum Gasteiger partial charge on any atom is 0.472 e. The van der Waals surface area contributed by atoms with Crippen molar-refractivity contribution in [3.05, 3.63) is 36.5 Å². The van der Waals surface area contributed by atoms with Crippen molar-refractivity contribution in [2.45, 2.75) is 174 Å². The van der Waals surface area contributed by atoms with Crippen LogP contribution in [0, 0.1) is 11.8 Å². The number of ketones is 1. The second-order valence-electron chi connectivity index (χ2n) is 16.8. The molecular formula is C45H81NO10P+. The zero-order valence-electron chi connectivity index (χ0n) is 36.4. The zero-order valence-corrected chi connectivity index (χ0v) is 37.3. The van der Waals surface area contributed by atoms with Gasteiger partial charge in [-0.2, -0.15) is 0 Å². The highest BCUT2D eigenvalue weighted by atomic mass is 31.2. The fourth-order valence-electron chi connectivity index (χ4n) is 6.53. The number of allylic oxidation sites excluding steroid dienone is 5. The van der Waals surface area contributed by atoms with Gasteiger partial charge in [-0.25, -0.2) is 4.57 Å². The van der Waals surface area contributed by atoms with Crippen LogP contribution in [0.3, 0.4) is 0 Å². The third kappa shape index (κ3) is 30.5. The first kappa shape index (κ1) is 52.9. The van der Waals surface area contributed by atoms with E-state index in [9.17, 15) is 28.9 Å². The number of hydrogen-bond donors (Lipinski definition) is 2. The molecule has 12 heteroatoms. The van der Waals surface area contributed by atoms with E-state index in [1.165, 1.54) is 64.2 Å². The largest absolute Gasteiger partial charge is 0.472 e. The van der Waals surface area contributed by atoms with Crippen LogP contribution in [0.2, 0.25) is 0 Å². The number of phosphoric ester groups is 1. The van der Waals surface area contributed by atoms with Crippen molar-refractivity contribution in [1.29, 1.82) is 0 Å². The third-order valence-electron chi connectivity index (χ3n) is 10.2. The van der Waals surface area contributed by atoms with Crippen LogP contribution >= 0.6 is 7.82 Å². The van der Waals surface area contributed by atoms with Gasteiger partial charge in [0.1, 0.15) is 19.8 Å². The number of unbranched alkanes of at least 4 members (excludes halogenated alkanes) is 16. The van der Waals surface area contributed by atoms with Crippen LogP contribution in [-0.2, 0) is 37.5 Å². The molecule has 57 heavy (non-hydrogen) atoms. The molecule has 0 fully saturated rings. The number of quaternary nitrogens is 1. The Morgan fingerprint density at radius 2 is 1.37 bits per heavy atom. The summed E-state index contributed by atoms with van der Waals surface area (Å²) >= 11 is 0. The summed E-state index contributed by atoms with van der Waals surface area (Å²) in [7, 11) is 1.36. The number of carbonyl (C=O) groups excluding carboxylic acids is 3. The molecule has 0 radical (unpaired) electrons. The van der Waals surface area contributed by atoms with E-state index in [1.54, 1.807) is 12.2 Å². The molecule has 0 amide bonds. The standard InChI is InChI=1S/C45H80NO10P/c1-6-8-10-11-12-13-14-15-16-17-18-19-20-25-29-44(49)53-37-41(38-55-57(51,52)54-36-35-46(3,4)5)56-45(50)30-26-22-21-24-27-39-31-34-43(48)42(39)33-32-40(47)28-23-9-7-2/h21,24,31-34,39-42,47H,6-20,22-23,25-30,35-38H2,1-5H3/p+1/b24-21-,33-32+/t39-,40-,41+,42+/m0/s1. The van der Waals surface area contributed by atoms with Gasteiger partial charge in [-0.05, 0) is 44.1 Å². The van der Waals surface area contributed by atoms with Crippen molar-refractivity contribution in [2.24, 2.45) is 11.8 Å². The van der Waals surface area contributed by atoms with Crippen LogP contribution in [0.15, 0.2) is 36.5 Å². The Kier molecular flexibility index (Phi) is 30.3. The quantitative estimate of drug-likeness (QED) is 0.0204. The molecule has 1 aliphatic carbocycles. The Bertz CT molecular complexity index is 1210. The predicted octanol–water partition coefficient (Wildman–Crippen LogP) is 10.1. The predicted molar refractivity (Wildman–Crippen MR) is 228 cm³/mol. The molecule has 2 N–H and O–H groups in total. The molecular weight excluding hydrogens is 745 g/mol. The van der Waals surface area contributed by atoms with Gasteiger partial charge in [0.15, 0.2) is 11.9 Å². The number of rotatable bonds is 37. The second kappa shape index (κ2) is 32.7. The molecule has 0 bridgehead atoms. The van der Waals surface area contributed by atoms with Gasteiger partial charge in [0, 0.05) is 18.8 Å². The van der Waals surface area contributed by atoms with Gasteiger partial charge in [0.05, 0.1) is 33.9 Å². The highest BCUT2D eigenvalue weighted by molar-refractivity contribution is 7.47. The number of hydrogen-bond acceptors (Lipinski definition) is 9. The van der Waals surface area contributed by atoms with Gasteiger partial charge in [0.2, 0.25) is 0 Å². The maximum atomic E-state index is 12.8. The van der Waals surface area contributed by atoms with Crippen LogP contribution in [0.1, 0.15) is 162 Å². The number of phosphoric acid groups is 1. The van der Waals surface area contributed by atoms with E-state index in [-0.39, 0.29) is 43.7 Å². The average Bonchev–Trinajstić information content (AvgIpc) is 3.51. The van der Waals surface area contributed by atoms with E-state index in [2.05, 4.69) is 13.8 Å². The molecule has 0 saturated heterocycles. The molecule has 0 aliphatic heterocycles. The van der Waals surface area contributed by atoms with Crippen molar-refractivity contribution >= 4 is 25.5 Å². The van der Waals surface area contributed by atoms with Gasteiger partial charge in [-0.3, -0.25) is 23.4 Å². The first-order valence-corrected chi connectivity index (χ1v) is 23.8. The van der Waals surface area contributed by atoms with Crippen LogP contribution in [0.25, 0.3) is 0 Å². The first-order valence-electron chi connectivity index (χ1n) is 22.3. The molecule has 11 nitrogen and oxygen atoms in total. The molecule has 1 rings (SSSR count). The Morgan fingerprint density at radius 1 is 0.789 bits per heavy atom. The summed E-state index contributed by atoms with van der Waals surface area (Å²) in [5, 5.41) is 10.2. The summed E-state index contributed by atoms with van der Waals surface area (Å²) in [6.45, 7) is 4.09. The number of aliphatic hydroxyl groups excluding tert-OH is 1. The van der Waals surface area contributed by atoms with Gasteiger partial charge >= 0.3 is 19.8 Å². The van der Waals surface area contributed by atoms with E-state index in [0.29, 0.717) is 43.1 Å². The third-order valence-corrected chi connectivity index (χ3v) is 11.2. The van der Waals surface area contributed by atoms with Crippen LogP contribution < -0.4 is 0 Å². The van der Waals surface area contributed by atoms with Crippen LogP contribution in [-0.4, -0.2) is 91.9 Å². The minimum Gasteiger partial charge on any atom is -0.462 e. The zero-order chi connectivity index (χ0) is 42.2. The molecule has 1 unspecified atom stereocenters. The lowest BCUT2D eigenvalue weighted by atomic mass is 9.90. The van der Waals surface area contributed by atoms with E-state index in [1.807, 2.05) is 45.4 Å². The fourth-order valence-corrected chi connectivity index (χ4v) is 7.28. The molecule has 0 aromatic heterocycles. The Labute approximate surface area is 346 Å². The van der Waals surface area contributed by atoms with Crippen LogP contribution in [0.4, 0.5) is 0 Å². The highest BCUT2D eigenvalue weighted by Crippen LogP contribution is 2.43. The lowest BCUT2D eigenvalue weighted by Crippen LogP contribution is -2.37. The van der Waals surface area contributed by atoms with Crippen LogP contribution in [0.5, 0.6) is 0 Å². The number of esters is 2. The SMILES string of the molecule is CCCCCCCCCCCCCCCCC(=O)OC[C@H](COP(=O)(O)OCC[N+](C)(C)C)OC(=O)CCC/C=C\C[C@H]1C=CC(=O)[C@@H]1/C=C/[C@@H](O)CCCCC. The lowest BCUT2D eigenvalue weighted by Gasteiger charge is -2.24. The van der Waals surface area contributed by atoms with Gasteiger partial charge in [0.25, 0.3) is 0 Å². The summed E-state index contributed by atoms with van der Waals surface area (Å²) in [6.07, 6.45) is 32.5. The molecule has 0 saturated carbocycles. The summed E-state index contributed by atoms with van der Waals surface area (Å²) in [5.74, 6) is -1.16. The lowest BCUT2D eigenvalue weighted by molar-refractivity contribution is -0.870. The normalized spacial score (nSPS) is 18.1. The van der Waals surface area contributed by atoms with Crippen molar-refractivity contribution in [1.82, 2.24) is 0 Å². The monoisotopic (exact) mass is 827 g/mol. The number of nitrogens with zero attached hydrogens (tertiary/aromatic N) is 1. The Balaban J connectivity index is 2.47. The topological polar surface area (TPSA) is 146 Å². The molecule has 0 spiro atoms. The number of aliphatic hydroxyl groups is 1. The summed E-state index contributed by atoms with van der Waals surface area (Å²) in [4.78, 5) is 47.9. The van der Waals surface area contributed by atoms with E-state index >= 15 is 0 Å². The van der Waals surface area contributed by atoms with Crippen molar-refractivity contribution in [3.8, 4) is 0 Å². The molecule has 1 aliphatic rings. The van der Waals surface area contributed by atoms with Crippen molar-refractivity contribution in [2.75, 3.05) is 47.5 Å². The molecule has 0 aromatic rings. The molecule has 0 aromatic carbocycles. The summed E-state index contributed by atoms with van der Waals surface area (Å²) in [5.41, 5.74) is 0. The van der Waals surface area contributed by atoms with E-state index in [4.69, 9.17) is 18.5 Å².